The highest BCUT2D eigenvalue weighted by atomic mass is 16.7. The zero-order chi connectivity index (χ0) is 39.7. The smallest absolute Gasteiger partial charge is 0.311 e. The molecule has 0 aromatic rings. The molecule has 52 heavy (non-hydrogen) atoms. The van der Waals surface area contributed by atoms with Crippen molar-refractivity contribution in [2.24, 2.45) is 17.8 Å². The molecule has 306 valence electrons. The van der Waals surface area contributed by atoms with Gasteiger partial charge in [0.1, 0.15) is 30.0 Å². The van der Waals surface area contributed by atoms with Crippen LogP contribution >= 0.6 is 0 Å². The van der Waals surface area contributed by atoms with Gasteiger partial charge >= 0.3 is 5.97 Å². The van der Waals surface area contributed by atoms with Crippen LogP contribution in [0.3, 0.4) is 0 Å². The number of ether oxygens (including phenoxy) is 6. The molecular weight excluding hydrogens is 676 g/mol. The van der Waals surface area contributed by atoms with Gasteiger partial charge in [0.05, 0.1) is 41.5 Å². The molecule has 3 rings (SSSR count). The van der Waals surface area contributed by atoms with Crippen LogP contribution in [0.2, 0.25) is 0 Å². The van der Waals surface area contributed by atoms with Gasteiger partial charge in [-0.15, -0.1) is 0 Å². The van der Waals surface area contributed by atoms with Gasteiger partial charge < -0.3 is 63.8 Å². The topological polar surface area (TPSA) is 180 Å². The minimum atomic E-state index is -1.80. The summed E-state index contributed by atoms with van der Waals surface area (Å²) in [5.74, 6) is -2.58. The second-order valence-electron chi connectivity index (χ2n) is 17.2. The van der Waals surface area contributed by atoms with Crippen molar-refractivity contribution < 1.29 is 58.7 Å². The molecule has 0 bridgehead atoms. The molecule has 3 heterocycles. The van der Waals surface area contributed by atoms with Crippen molar-refractivity contribution in [1.29, 1.82) is 0 Å². The minimum Gasteiger partial charge on any atom is -0.459 e. The summed E-state index contributed by atoms with van der Waals surface area (Å²) in [6.07, 6.45) is -8.19. The summed E-state index contributed by atoms with van der Waals surface area (Å²) in [7, 11) is 7.12. The number of hydrogen-bond acceptors (Lipinski definition) is 14. The summed E-state index contributed by atoms with van der Waals surface area (Å²) >= 11 is 0. The first-order chi connectivity index (χ1) is 23.9. The number of methoxy groups -OCH3 is 1. The summed E-state index contributed by atoms with van der Waals surface area (Å²) in [6, 6.07) is -0.808. The summed E-state index contributed by atoms with van der Waals surface area (Å²) < 4.78 is 37.5. The fourth-order valence-corrected chi connectivity index (χ4v) is 8.74. The molecule has 8 unspecified atom stereocenters. The van der Waals surface area contributed by atoms with Crippen molar-refractivity contribution in [1.82, 2.24) is 9.80 Å². The van der Waals surface area contributed by atoms with Gasteiger partial charge in [-0.05, 0) is 94.8 Å². The van der Waals surface area contributed by atoms with E-state index in [9.17, 15) is 30.3 Å². The molecule has 14 nitrogen and oxygen atoms in total. The van der Waals surface area contributed by atoms with Gasteiger partial charge in [0.25, 0.3) is 0 Å². The van der Waals surface area contributed by atoms with E-state index >= 15 is 0 Å². The SMILES string of the molecule is CC[C@H]1OC(=O)[C@@H](C)[C@@H](OC2CC(C)(OC)C(O)C(C)O2)[C@H](C)[C@@H](OC2OC(C)CC(N(C)C)C2O)[C@](C)(O)C[C@@H](C)CN(C)[C@@H](C)[C@H](O)[C@]1(C)O. The van der Waals surface area contributed by atoms with Gasteiger partial charge in [-0.2, -0.15) is 0 Å². The Morgan fingerprint density at radius 1 is 0.942 bits per heavy atom. The summed E-state index contributed by atoms with van der Waals surface area (Å²) in [5.41, 5.74) is -4.37. The molecule has 0 aromatic heterocycles. The lowest BCUT2D eigenvalue weighted by atomic mass is 9.77. The van der Waals surface area contributed by atoms with Crippen LogP contribution in [0, 0.1) is 17.8 Å². The van der Waals surface area contributed by atoms with Gasteiger partial charge in [0.15, 0.2) is 12.6 Å². The van der Waals surface area contributed by atoms with Crippen LogP contribution in [0.5, 0.6) is 0 Å². The fraction of sp³-hybridized carbons (Fsp3) is 0.974. The summed E-state index contributed by atoms with van der Waals surface area (Å²) in [6.45, 7) is 18.0. The van der Waals surface area contributed by atoms with Crippen LogP contribution in [0.25, 0.3) is 0 Å². The molecule has 0 aliphatic carbocycles. The number of hydrogen-bond donors (Lipinski definition) is 5. The minimum absolute atomic E-state index is 0.133. The second kappa shape index (κ2) is 17.8. The van der Waals surface area contributed by atoms with Crippen LogP contribution in [0.15, 0.2) is 0 Å². The summed E-state index contributed by atoms with van der Waals surface area (Å²) in [4.78, 5) is 18.0. The Hall–Kier alpha value is -1.01. The normalized spacial score (nSPS) is 49.6. The Bertz CT molecular complexity index is 1140. The quantitative estimate of drug-likeness (QED) is 0.238. The molecule has 0 aromatic carbocycles. The van der Waals surface area contributed by atoms with Crippen molar-refractivity contribution in [3.63, 3.8) is 0 Å². The van der Waals surface area contributed by atoms with Crippen LogP contribution in [-0.4, -0.2) is 166 Å². The van der Waals surface area contributed by atoms with E-state index in [1.54, 1.807) is 41.5 Å². The molecule has 0 saturated carbocycles. The molecule has 0 amide bonds. The Kier molecular flexibility index (Phi) is 15.6. The molecule has 18 atom stereocenters. The molecular formula is C38H72N2O12. The zero-order valence-electron chi connectivity index (χ0n) is 34.2. The Balaban J connectivity index is 2.17. The number of likely N-dealkylation sites (N-methyl/N-ethyl adjacent to an activating group) is 2. The highest BCUT2D eigenvalue weighted by molar-refractivity contribution is 5.73. The van der Waals surface area contributed by atoms with Crippen molar-refractivity contribution >= 4 is 5.97 Å². The van der Waals surface area contributed by atoms with Gasteiger partial charge in [0.2, 0.25) is 0 Å². The predicted molar refractivity (Wildman–Crippen MR) is 194 cm³/mol. The molecule has 3 fully saturated rings. The van der Waals surface area contributed by atoms with E-state index < -0.39 is 96.0 Å². The maximum Gasteiger partial charge on any atom is 0.311 e. The van der Waals surface area contributed by atoms with Gasteiger partial charge in [-0.1, -0.05) is 20.8 Å². The Morgan fingerprint density at radius 2 is 1.56 bits per heavy atom. The number of aliphatic hydroxyl groups is 5. The lowest BCUT2D eigenvalue weighted by Gasteiger charge is -2.48. The van der Waals surface area contributed by atoms with Crippen molar-refractivity contribution in [2.45, 2.75) is 185 Å². The first-order valence-corrected chi connectivity index (χ1v) is 19.1. The predicted octanol–water partition coefficient (Wildman–Crippen LogP) is 1.90. The number of cyclic esters (lactones) is 1. The van der Waals surface area contributed by atoms with Crippen molar-refractivity contribution in [3.8, 4) is 0 Å². The van der Waals surface area contributed by atoms with Crippen molar-refractivity contribution in [2.75, 3.05) is 34.8 Å². The molecule has 5 N–H and O–H groups in total. The van der Waals surface area contributed by atoms with Crippen LogP contribution in [0.1, 0.15) is 94.9 Å². The van der Waals surface area contributed by atoms with Crippen LogP contribution < -0.4 is 0 Å². The molecule has 3 aliphatic rings. The number of carbonyl (C=O) groups is 1. The highest BCUT2D eigenvalue weighted by Gasteiger charge is 2.52. The van der Waals surface area contributed by atoms with E-state index in [1.807, 2.05) is 51.7 Å². The van der Waals surface area contributed by atoms with E-state index in [0.717, 1.165) is 0 Å². The third-order valence-corrected chi connectivity index (χ3v) is 12.2. The number of aliphatic hydroxyl groups excluding tert-OH is 3. The lowest BCUT2D eigenvalue weighted by molar-refractivity contribution is -0.318. The fourth-order valence-electron chi connectivity index (χ4n) is 8.74. The number of nitrogens with zero attached hydrogens (tertiary/aromatic N) is 2. The molecule has 3 aliphatic heterocycles. The van der Waals surface area contributed by atoms with E-state index in [0.29, 0.717) is 13.0 Å². The average molecular weight is 749 g/mol. The molecule has 14 heteroatoms. The van der Waals surface area contributed by atoms with Crippen LogP contribution in [0.4, 0.5) is 0 Å². The van der Waals surface area contributed by atoms with Crippen LogP contribution in [-0.2, 0) is 33.2 Å². The molecule has 0 radical (unpaired) electrons. The molecule has 3 saturated heterocycles. The van der Waals surface area contributed by atoms with E-state index in [4.69, 9.17) is 28.4 Å². The lowest BCUT2D eigenvalue weighted by Crippen LogP contribution is -2.60. The zero-order valence-corrected chi connectivity index (χ0v) is 34.2. The van der Waals surface area contributed by atoms with Gasteiger partial charge in [0, 0.05) is 38.1 Å². The highest BCUT2D eigenvalue weighted by Crippen LogP contribution is 2.40. The van der Waals surface area contributed by atoms with Gasteiger partial charge in [-0.25, -0.2) is 0 Å². The van der Waals surface area contributed by atoms with Crippen molar-refractivity contribution in [3.05, 3.63) is 0 Å². The van der Waals surface area contributed by atoms with E-state index in [-0.39, 0.29) is 37.3 Å². The van der Waals surface area contributed by atoms with E-state index in [1.165, 1.54) is 14.0 Å². The largest absolute Gasteiger partial charge is 0.459 e. The summed E-state index contributed by atoms with van der Waals surface area (Å²) in [5, 5.41) is 58.1. The maximum absolute atomic E-state index is 14.2. The maximum atomic E-state index is 14.2. The number of rotatable bonds is 7. The first kappa shape index (κ1) is 45.4. The average Bonchev–Trinajstić information content (AvgIpc) is 3.05. The third-order valence-electron chi connectivity index (χ3n) is 12.2. The first-order valence-electron chi connectivity index (χ1n) is 19.1. The standard InChI is InChI=1S/C38H72N2O12/c1-15-27-38(10,46)31(42)24(6)40(13)19-20(2)17-36(8,45)33(52-35-29(41)26(39(11)12)16-21(3)48-35)22(4)30(23(5)34(44)50-27)51-28-18-37(9,47-14)32(43)25(7)49-28/h20-33,35,41-43,45-46H,15-19H2,1-14H3/t20-,21?,22+,23+,24+,25?,26?,27-,28?,29?,30+,31+,32?,33-,35?,36-,37?,38-/m1/s1. The third kappa shape index (κ3) is 10.0. The van der Waals surface area contributed by atoms with E-state index in [2.05, 4.69) is 0 Å². The number of carbonyl (C=O) groups excluding carboxylic acids is 1. The molecule has 0 spiro atoms. The Morgan fingerprint density at radius 3 is 2.12 bits per heavy atom. The van der Waals surface area contributed by atoms with Gasteiger partial charge in [-0.3, -0.25) is 4.79 Å². The Labute approximate surface area is 312 Å². The number of esters is 1. The second-order valence-corrected chi connectivity index (χ2v) is 17.2. The monoisotopic (exact) mass is 749 g/mol.